The van der Waals surface area contributed by atoms with E-state index in [1.54, 1.807) is 7.11 Å². The van der Waals surface area contributed by atoms with Gasteiger partial charge in [0.1, 0.15) is 15.6 Å². The molecular weight excluding hydrogens is 276 g/mol. The molecule has 0 heterocycles. The molecule has 1 rings (SSSR count). The predicted molar refractivity (Wildman–Crippen MR) is 83.2 cm³/mol. The molecule has 1 atom stereocenters. The van der Waals surface area contributed by atoms with Gasteiger partial charge < -0.3 is 15.0 Å². The molecule has 0 bridgehead atoms. The van der Waals surface area contributed by atoms with Crippen molar-refractivity contribution in [2.45, 2.75) is 19.5 Å². The van der Waals surface area contributed by atoms with Crippen molar-refractivity contribution < 1.29 is 13.2 Å². The average molecular weight is 300 g/mol. The summed E-state index contributed by atoms with van der Waals surface area (Å²) in [5.74, 6) is 0.807. The zero-order chi connectivity index (χ0) is 15.3. The maximum absolute atomic E-state index is 11.3. The monoisotopic (exact) mass is 300 g/mol. The van der Waals surface area contributed by atoms with Crippen molar-refractivity contribution in [2.24, 2.45) is 0 Å². The highest BCUT2D eigenvalue weighted by Gasteiger charge is 2.13. The van der Waals surface area contributed by atoms with Crippen LogP contribution in [-0.4, -0.2) is 52.6 Å². The van der Waals surface area contributed by atoms with Gasteiger partial charge in [-0.15, -0.1) is 0 Å². The lowest BCUT2D eigenvalue weighted by Crippen LogP contribution is -2.25. The summed E-state index contributed by atoms with van der Waals surface area (Å²) in [7, 11) is 2.61. The molecule has 1 N–H and O–H groups in total. The van der Waals surface area contributed by atoms with Crippen LogP contribution in [0.5, 0.6) is 5.75 Å². The first kappa shape index (κ1) is 16.8. The van der Waals surface area contributed by atoms with Gasteiger partial charge in [-0.25, -0.2) is 8.42 Å². The van der Waals surface area contributed by atoms with Gasteiger partial charge in [-0.2, -0.15) is 0 Å². The fraction of sp³-hybridized carbons (Fsp3) is 0.571. The minimum atomic E-state index is -3.00. The van der Waals surface area contributed by atoms with E-state index in [2.05, 4.69) is 10.2 Å². The van der Waals surface area contributed by atoms with Gasteiger partial charge in [0, 0.05) is 18.8 Å². The van der Waals surface area contributed by atoms with E-state index in [0.717, 1.165) is 17.8 Å². The van der Waals surface area contributed by atoms with E-state index in [1.807, 2.05) is 39.2 Å². The van der Waals surface area contributed by atoms with Crippen molar-refractivity contribution in [1.82, 2.24) is 4.90 Å². The Morgan fingerprint density at radius 2 is 2.00 bits per heavy atom. The first-order valence-electron chi connectivity index (χ1n) is 6.47. The molecule has 0 amide bonds. The Hall–Kier alpha value is -1.27. The van der Waals surface area contributed by atoms with Crippen molar-refractivity contribution >= 4 is 15.5 Å². The van der Waals surface area contributed by atoms with Gasteiger partial charge in [-0.3, -0.25) is 0 Å². The molecule has 1 aromatic carbocycles. The van der Waals surface area contributed by atoms with Crippen LogP contribution in [-0.2, 0) is 16.4 Å². The maximum atomic E-state index is 11.3. The summed E-state index contributed by atoms with van der Waals surface area (Å²) < 4.78 is 28.0. The normalized spacial score (nSPS) is 13.3. The molecular formula is C14H24N2O3S. The van der Waals surface area contributed by atoms with Gasteiger partial charge in [-0.1, -0.05) is 6.07 Å². The number of anilines is 1. The molecule has 0 saturated heterocycles. The Kier molecular flexibility index (Phi) is 5.83. The van der Waals surface area contributed by atoms with E-state index in [1.165, 1.54) is 6.26 Å². The molecule has 0 aromatic heterocycles. The van der Waals surface area contributed by atoms with E-state index in [4.69, 9.17) is 4.74 Å². The first-order chi connectivity index (χ1) is 9.21. The van der Waals surface area contributed by atoms with Gasteiger partial charge in [0.25, 0.3) is 0 Å². The molecule has 1 aromatic rings. The molecule has 0 radical (unpaired) electrons. The molecule has 0 aliphatic heterocycles. The third kappa shape index (κ3) is 5.79. The number of sulfone groups is 1. The van der Waals surface area contributed by atoms with Crippen LogP contribution in [0.15, 0.2) is 18.2 Å². The van der Waals surface area contributed by atoms with E-state index < -0.39 is 9.84 Å². The summed E-state index contributed by atoms with van der Waals surface area (Å²) in [6, 6.07) is 5.73. The SMILES string of the molecule is COc1ccc(CN(C)C)cc1NC(C)CS(C)(=O)=O. The van der Waals surface area contributed by atoms with Crippen molar-refractivity contribution in [3.63, 3.8) is 0 Å². The minimum Gasteiger partial charge on any atom is -0.495 e. The highest BCUT2D eigenvalue weighted by atomic mass is 32.2. The number of hydrogen-bond donors (Lipinski definition) is 1. The van der Waals surface area contributed by atoms with Gasteiger partial charge in [-0.05, 0) is 38.7 Å². The van der Waals surface area contributed by atoms with Crippen LogP contribution in [0.4, 0.5) is 5.69 Å². The highest BCUT2D eigenvalue weighted by molar-refractivity contribution is 7.90. The lowest BCUT2D eigenvalue weighted by Gasteiger charge is -2.18. The summed E-state index contributed by atoms with van der Waals surface area (Å²) >= 11 is 0. The Morgan fingerprint density at radius 1 is 1.35 bits per heavy atom. The summed E-state index contributed by atoms with van der Waals surface area (Å²) in [4.78, 5) is 2.07. The van der Waals surface area contributed by atoms with Gasteiger partial charge >= 0.3 is 0 Å². The summed E-state index contributed by atoms with van der Waals surface area (Å²) in [6.45, 7) is 2.66. The van der Waals surface area contributed by atoms with Crippen LogP contribution >= 0.6 is 0 Å². The molecule has 0 aliphatic carbocycles. The van der Waals surface area contributed by atoms with E-state index in [9.17, 15) is 8.42 Å². The number of nitrogens with one attached hydrogen (secondary N) is 1. The Balaban J connectivity index is 2.90. The van der Waals surface area contributed by atoms with Gasteiger partial charge in [0.15, 0.2) is 0 Å². The Morgan fingerprint density at radius 3 is 2.50 bits per heavy atom. The van der Waals surface area contributed by atoms with Crippen LogP contribution in [0.2, 0.25) is 0 Å². The van der Waals surface area contributed by atoms with Crippen LogP contribution in [0.1, 0.15) is 12.5 Å². The Bertz CT molecular complexity index is 541. The van der Waals surface area contributed by atoms with E-state index >= 15 is 0 Å². The number of nitrogens with zero attached hydrogens (tertiary/aromatic N) is 1. The number of benzene rings is 1. The fourth-order valence-electron chi connectivity index (χ4n) is 2.09. The van der Waals surface area contributed by atoms with Crippen LogP contribution in [0, 0.1) is 0 Å². The quantitative estimate of drug-likeness (QED) is 0.829. The Labute approximate surface area is 121 Å². The zero-order valence-electron chi connectivity index (χ0n) is 12.8. The van der Waals surface area contributed by atoms with Crippen molar-refractivity contribution in [1.29, 1.82) is 0 Å². The molecule has 5 nitrogen and oxygen atoms in total. The highest BCUT2D eigenvalue weighted by Crippen LogP contribution is 2.26. The third-order valence-corrected chi connectivity index (χ3v) is 3.82. The van der Waals surface area contributed by atoms with Crippen molar-refractivity contribution in [3.8, 4) is 5.75 Å². The smallest absolute Gasteiger partial charge is 0.149 e. The summed E-state index contributed by atoms with van der Waals surface area (Å²) in [6.07, 6.45) is 1.24. The fourth-order valence-corrected chi connectivity index (χ4v) is 3.08. The van der Waals surface area contributed by atoms with Crippen molar-refractivity contribution in [2.75, 3.05) is 38.5 Å². The number of rotatable bonds is 7. The summed E-state index contributed by atoms with van der Waals surface area (Å²) in [5.41, 5.74) is 1.97. The van der Waals surface area contributed by atoms with Crippen LogP contribution < -0.4 is 10.1 Å². The lowest BCUT2D eigenvalue weighted by molar-refractivity contribution is 0.400. The maximum Gasteiger partial charge on any atom is 0.149 e. The van der Waals surface area contributed by atoms with Crippen LogP contribution in [0.3, 0.4) is 0 Å². The molecule has 1 unspecified atom stereocenters. The number of ether oxygens (including phenoxy) is 1. The predicted octanol–water partition coefficient (Wildman–Crippen LogP) is 1.60. The summed E-state index contributed by atoms with van der Waals surface area (Å²) in [5, 5.41) is 3.21. The van der Waals surface area contributed by atoms with E-state index in [-0.39, 0.29) is 11.8 Å². The molecule has 0 spiro atoms. The number of methoxy groups -OCH3 is 1. The van der Waals surface area contributed by atoms with Crippen molar-refractivity contribution in [3.05, 3.63) is 23.8 Å². The van der Waals surface area contributed by atoms with Crippen LogP contribution in [0.25, 0.3) is 0 Å². The second kappa shape index (κ2) is 6.95. The minimum absolute atomic E-state index is 0.0913. The van der Waals surface area contributed by atoms with E-state index in [0.29, 0.717) is 5.75 Å². The second-order valence-electron chi connectivity index (χ2n) is 5.41. The average Bonchev–Trinajstić information content (AvgIpc) is 2.25. The topological polar surface area (TPSA) is 58.6 Å². The molecule has 0 saturated carbocycles. The lowest BCUT2D eigenvalue weighted by atomic mass is 10.1. The number of hydrogen-bond acceptors (Lipinski definition) is 5. The standard InChI is InChI=1S/C14H24N2O3S/c1-11(10-20(5,17)18)15-13-8-12(9-16(2)3)6-7-14(13)19-4/h6-8,11,15H,9-10H2,1-5H3. The van der Waals surface area contributed by atoms with Gasteiger partial charge in [0.2, 0.25) is 0 Å². The molecule has 0 fully saturated rings. The first-order valence-corrected chi connectivity index (χ1v) is 8.53. The molecule has 20 heavy (non-hydrogen) atoms. The van der Waals surface area contributed by atoms with Gasteiger partial charge in [0.05, 0.1) is 18.6 Å². The third-order valence-electron chi connectivity index (χ3n) is 2.72. The second-order valence-corrected chi connectivity index (χ2v) is 7.60. The molecule has 114 valence electrons. The molecule has 6 heteroatoms. The molecule has 0 aliphatic rings. The zero-order valence-corrected chi connectivity index (χ0v) is 13.6. The largest absolute Gasteiger partial charge is 0.495 e.